The van der Waals surface area contributed by atoms with E-state index in [-0.39, 0.29) is 11.0 Å². The number of aryl methyl sites for hydroxylation is 1. The molecule has 1 aromatic rings. The average molecular weight is 267 g/mol. The van der Waals surface area contributed by atoms with Gasteiger partial charge in [-0.25, -0.2) is 8.42 Å². The van der Waals surface area contributed by atoms with Crippen molar-refractivity contribution in [2.45, 2.75) is 37.2 Å². The summed E-state index contributed by atoms with van der Waals surface area (Å²) in [4.78, 5) is 0. The Bertz CT molecular complexity index is 473. The number of rotatable bonds is 4. The van der Waals surface area contributed by atoms with Gasteiger partial charge in [-0.3, -0.25) is 0 Å². The molecule has 0 spiro atoms. The first-order chi connectivity index (χ1) is 8.62. The van der Waals surface area contributed by atoms with E-state index in [0.717, 1.165) is 37.9 Å². The maximum atomic E-state index is 12.3. The second-order valence-electron chi connectivity index (χ2n) is 4.93. The van der Waals surface area contributed by atoms with Crippen LogP contribution in [-0.2, 0) is 22.0 Å². The van der Waals surface area contributed by atoms with Crippen molar-refractivity contribution in [1.82, 2.24) is 5.32 Å². The Morgan fingerprint density at radius 3 is 2.22 bits per heavy atom. The number of sulfone groups is 1. The second-order valence-corrected chi connectivity index (χ2v) is 7.21. The maximum absolute atomic E-state index is 12.3. The number of piperidine rings is 1. The van der Waals surface area contributed by atoms with E-state index < -0.39 is 9.84 Å². The fourth-order valence-corrected chi connectivity index (χ4v) is 4.22. The van der Waals surface area contributed by atoms with Crippen LogP contribution >= 0.6 is 0 Å². The topological polar surface area (TPSA) is 46.2 Å². The molecule has 0 amide bonds. The van der Waals surface area contributed by atoms with Gasteiger partial charge in [0.1, 0.15) is 0 Å². The Kier molecular flexibility index (Phi) is 4.40. The number of hydrogen-bond donors (Lipinski definition) is 1. The first-order valence-electron chi connectivity index (χ1n) is 6.62. The Morgan fingerprint density at radius 2 is 1.67 bits per heavy atom. The van der Waals surface area contributed by atoms with Gasteiger partial charge in [-0.2, -0.15) is 0 Å². The summed E-state index contributed by atoms with van der Waals surface area (Å²) in [5.41, 5.74) is 2.16. The molecule has 4 heteroatoms. The lowest BCUT2D eigenvalue weighted by atomic mass is 10.1. The summed E-state index contributed by atoms with van der Waals surface area (Å²) < 4.78 is 24.6. The summed E-state index contributed by atoms with van der Waals surface area (Å²) >= 11 is 0. The summed E-state index contributed by atoms with van der Waals surface area (Å²) in [6.45, 7) is 3.73. The number of nitrogens with one attached hydrogen (secondary N) is 1. The van der Waals surface area contributed by atoms with Crippen LogP contribution in [-0.4, -0.2) is 26.8 Å². The van der Waals surface area contributed by atoms with Gasteiger partial charge in [0.05, 0.1) is 11.0 Å². The zero-order valence-electron chi connectivity index (χ0n) is 10.9. The Morgan fingerprint density at radius 1 is 1.11 bits per heavy atom. The van der Waals surface area contributed by atoms with Gasteiger partial charge in [-0.15, -0.1) is 0 Å². The van der Waals surface area contributed by atoms with Crippen LogP contribution in [0.5, 0.6) is 0 Å². The molecule has 2 rings (SSSR count). The molecule has 1 aromatic carbocycles. The summed E-state index contributed by atoms with van der Waals surface area (Å²) in [6, 6.07) is 7.93. The van der Waals surface area contributed by atoms with Gasteiger partial charge in [-0.1, -0.05) is 31.2 Å². The lowest BCUT2D eigenvalue weighted by Gasteiger charge is -2.22. The van der Waals surface area contributed by atoms with E-state index >= 15 is 0 Å². The normalized spacial score (nSPS) is 17.8. The van der Waals surface area contributed by atoms with Crippen molar-refractivity contribution in [3.05, 3.63) is 35.4 Å². The van der Waals surface area contributed by atoms with Crippen LogP contribution in [0.3, 0.4) is 0 Å². The van der Waals surface area contributed by atoms with E-state index in [1.54, 1.807) is 0 Å². The lowest BCUT2D eigenvalue weighted by molar-refractivity contribution is 0.496. The first-order valence-corrected chi connectivity index (χ1v) is 8.33. The van der Waals surface area contributed by atoms with Gasteiger partial charge >= 0.3 is 0 Å². The number of hydrogen-bond acceptors (Lipinski definition) is 3. The molecule has 1 saturated heterocycles. The molecule has 0 saturated carbocycles. The second kappa shape index (κ2) is 5.85. The van der Waals surface area contributed by atoms with Crippen molar-refractivity contribution in [1.29, 1.82) is 0 Å². The van der Waals surface area contributed by atoms with Crippen LogP contribution in [0.15, 0.2) is 24.3 Å². The zero-order chi connectivity index (χ0) is 13.0. The molecule has 0 radical (unpaired) electrons. The van der Waals surface area contributed by atoms with E-state index in [1.807, 2.05) is 24.3 Å². The standard InChI is InChI=1S/C14H21NO2S/c1-2-12-3-5-13(6-4-12)11-18(16,17)14-7-9-15-10-8-14/h3-6,14-15H,2,7-11H2,1H3. The highest BCUT2D eigenvalue weighted by Gasteiger charge is 2.27. The molecule has 1 fully saturated rings. The molecule has 1 aliphatic heterocycles. The third-order valence-electron chi connectivity index (χ3n) is 3.59. The molecule has 1 N–H and O–H groups in total. The zero-order valence-corrected chi connectivity index (χ0v) is 11.7. The molecular weight excluding hydrogens is 246 g/mol. The Labute approximate surface area is 110 Å². The summed E-state index contributed by atoms with van der Waals surface area (Å²) in [5.74, 6) is 0.182. The molecule has 18 heavy (non-hydrogen) atoms. The fraction of sp³-hybridized carbons (Fsp3) is 0.571. The minimum absolute atomic E-state index is 0.162. The molecule has 0 bridgehead atoms. The van der Waals surface area contributed by atoms with Crippen LogP contribution < -0.4 is 5.32 Å². The van der Waals surface area contributed by atoms with E-state index in [1.165, 1.54) is 5.56 Å². The highest BCUT2D eigenvalue weighted by molar-refractivity contribution is 7.91. The van der Waals surface area contributed by atoms with Gasteiger partial charge in [0, 0.05) is 0 Å². The summed E-state index contributed by atoms with van der Waals surface area (Å²) in [6.07, 6.45) is 2.48. The molecular formula is C14H21NO2S. The largest absolute Gasteiger partial charge is 0.317 e. The van der Waals surface area contributed by atoms with Gasteiger partial charge < -0.3 is 5.32 Å². The summed E-state index contributed by atoms with van der Waals surface area (Å²) in [5, 5.41) is 3.04. The molecule has 3 nitrogen and oxygen atoms in total. The SMILES string of the molecule is CCc1ccc(CS(=O)(=O)C2CCNCC2)cc1. The van der Waals surface area contributed by atoms with Gasteiger partial charge in [-0.05, 0) is 43.5 Å². The van der Waals surface area contributed by atoms with E-state index in [9.17, 15) is 8.42 Å². The van der Waals surface area contributed by atoms with Crippen LogP contribution in [0.25, 0.3) is 0 Å². The molecule has 0 unspecified atom stereocenters. The minimum atomic E-state index is -3.00. The summed E-state index contributed by atoms with van der Waals surface area (Å²) in [7, 11) is -3.00. The van der Waals surface area contributed by atoms with Gasteiger partial charge in [0.15, 0.2) is 9.84 Å². The van der Waals surface area contributed by atoms with Crippen molar-refractivity contribution in [3.8, 4) is 0 Å². The minimum Gasteiger partial charge on any atom is -0.317 e. The predicted molar refractivity (Wildman–Crippen MR) is 74.3 cm³/mol. The smallest absolute Gasteiger partial charge is 0.157 e. The average Bonchev–Trinajstić information content (AvgIpc) is 2.40. The maximum Gasteiger partial charge on any atom is 0.157 e. The third-order valence-corrected chi connectivity index (χ3v) is 5.82. The van der Waals surface area contributed by atoms with Crippen molar-refractivity contribution < 1.29 is 8.42 Å². The molecule has 0 atom stereocenters. The molecule has 1 heterocycles. The molecule has 0 aromatic heterocycles. The highest BCUT2D eigenvalue weighted by atomic mass is 32.2. The van der Waals surface area contributed by atoms with E-state index in [0.29, 0.717) is 0 Å². The predicted octanol–water partition coefficient (Wildman–Crippen LogP) is 1.92. The quantitative estimate of drug-likeness (QED) is 0.906. The lowest BCUT2D eigenvalue weighted by Crippen LogP contribution is -2.36. The highest BCUT2D eigenvalue weighted by Crippen LogP contribution is 2.18. The van der Waals surface area contributed by atoms with Crippen molar-refractivity contribution in [2.75, 3.05) is 13.1 Å². The first kappa shape index (κ1) is 13.6. The van der Waals surface area contributed by atoms with E-state index in [4.69, 9.17) is 0 Å². The van der Waals surface area contributed by atoms with Crippen molar-refractivity contribution >= 4 is 9.84 Å². The van der Waals surface area contributed by atoms with E-state index in [2.05, 4.69) is 12.2 Å². The van der Waals surface area contributed by atoms with Crippen LogP contribution in [0.2, 0.25) is 0 Å². The molecule has 0 aliphatic carbocycles. The van der Waals surface area contributed by atoms with Crippen LogP contribution in [0, 0.1) is 0 Å². The van der Waals surface area contributed by atoms with Crippen molar-refractivity contribution in [2.24, 2.45) is 0 Å². The van der Waals surface area contributed by atoms with Gasteiger partial charge in [0.2, 0.25) is 0 Å². The Balaban J connectivity index is 2.06. The monoisotopic (exact) mass is 267 g/mol. The Hall–Kier alpha value is -0.870. The molecule has 1 aliphatic rings. The van der Waals surface area contributed by atoms with Crippen molar-refractivity contribution in [3.63, 3.8) is 0 Å². The molecule has 100 valence electrons. The number of benzene rings is 1. The van der Waals surface area contributed by atoms with Crippen LogP contribution in [0.1, 0.15) is 30.9 Å². The van der Waals surface area contributed by atoms with Gasteiger partial charge in [0.25, 0.3) is 0 Å². The fourth-order valence-electron chi connectivity index (χ4n) is 2.38. The third kappa shape index (κ3) is 3.33. The van der Waals surface area contributed by atoms with Crippen LogP contribution in [0.4, 0.5) is 0 Å².